The number of methoxy groups -OCH3 is 1. The fourth-order valence-corrected chi connectivity index (χ4v) is 2.30. The summed E-state index contributed by atoms with van der Waals surface area (Å²) in [5.74, 6) is -0.562. The van der Waals surface area contributed by atoms with Crippen LogP contribution in [0.3, 0.4) is 0 Å². The highest BCUT2D eigenvalue weighted by atomic mass is 19.1. The zero-order chi connectivity index (χ0) is 13.7. The number of halogens is 1. The van der Waals surface area contributed by atoms with E-state index in [1.54, 1.807) is 12.1 Å². The van der Waals surface area contributed by atoms with Crippen LogP contribution >= 0.6 is 0 Å². The molecule has 0 fully saturated rings. The number of esters is 1. The number of carbonyl (C=O) groups is 1. The Bertz CT molecular complexity index is 456. The molecule has 1 aliphatic rings. The Morgan fingerprint density at radius 3 is 2.68 bits per heavy atom. The van der Waals surface area contributed by atoms with Crippen molar-refractivity contribution < 1.29 is 13.9 Å². The maximum atomic E-state index is 12.8. The molecule has 1 N–H and O–H groups in total. The van der Waals surface area contributed by atoms with Crippen LogP contribution in [0.2, 0.25) is 0 Å². The molecule has 0 spiro atoms. The third kappa shape index (κ3) is 3.64. The van der Waals surface area contributed by atoms with Crippen LogP contribution < -0.4 is 5.32 Å². The van der Waals surface area contributed by atoms with Gasteiger partial charge >= 0.3 is 5.97 Å². The molecule has 0 unspecified atom stereocenters. The smallest absolute Gasteiger partial charge is 0.310 e. The number of allylic oxidation sites excluding steroid dienone is 1. The van der Waals surface area contributed by atoms with Crippen molar-refractivity contribution in [2.24, 2.45) is 5.92 Å². The van der Waals surface area contributed by atoms with Crippen LogP contribution in [-0.2, 0) is 16.1 Å². The van der Waals surface area contributed by atoms with Crippen LogP contribution in [0.1, 0.15) is 18.4 Å². The lowest BCUT2D eigenvalue weighted by molar-refractivity contribution is -0.146. The van der Waals surface area contributed by atoms with Crippen molar-refractivity contribution in [1.82, 2.24) is 5.32 Å². The number of hydrogen-bond acceptors (Lipinski definition) is 3. The highest BCUT2D eigenvalue weighted by Crippen LogP contribution is 2.21. The maximum absolute atomic E-state index is 12.8. The van der Waals surface area contributed by atoms with Gasteiger partial charge in [-0.05, 0) is 30.5 Å². The largest absolute Gasteiger partial charge is 0.469 e. The molecule has 0 saturated heterocycles. The molecule has 1 aromatic carbocycles. The van der Waals surface area contributed by atoms with Gasteiger partial charge in [0.1, 0.15) is 5.82 Å². The first-order valence-corrected chi connectivity index (χ1v) is 6.41. The summed E-state index contributed by atoms with van der Waals surface area (Å²) in [4.78, 5) is 11.7. The lowest BCUT2D eigenvalue weighted by Gasteiger charge is -2.27. The van der Waals surface area contributed by atoms with E-state index in [0.29, 0.717) is 13.0 Å². The van der Waals surface area contributed by atoms with E-state index in [0.717, 1.165) is 12.0 Å². The summed E-state index contributed by atoms with van der Waals surface area (Å²) in [5.41, 5.74) is 1.000. The quantitative estimate of drug-likeness (QED) is 0.669. The van der Waals surface area contributed by atoms with E-state index in [1.165, 1.54) is 19.2 Å². The van der Waals surface area contributed by atoms with Crippen molar-refractivity contribution >= 4 is 5.97 Å². The third-order valence-electron chi connectivity index (χ3n) is 3.42. The van der Waals surface area contributed by atoms with Gasteiger partial charge in [0.05, 0.1) is 13.0 Å². The molecule has 1 aliphatic carbocycles. The molecule has 2 atom stereocenters. The monoisotopic (exact) mass is 263 g/mol. The maximum Gasteiger partial charge on any atom is 0.310 e. The van der Waals surface area contributed by atoms with Crippen molar-refractivity contribution in [3.05, 3.63) is 47.8 Å². The fraction of sp³-hybridized carbons (Fsp3) is 0.400. The lowest BCUT2D eigenvalue weighted by Crippen LogP contribution is -2.41. The second-order valence-electron chi connectivity index (χ2n) is 4.69. The van der Waals surface area contributed by atoms with Gasteiger partial charge in [-0.25, -0.2) is 4.39 Å². The van der Waals surface area contributed by atoms with E-state index >= 15 is 0 Å². The topological polar surface area (TPSA) is 38.3 Å². The second kappa shape index (κ2) is 6.48. The van der Waals surface area contributed by atoms with Gasteiger partial charge in [-0.1, -0.05) is 24.3 Å². The molecule has 102 valence electrons. The molecule has 4 heteroatoms. The molecule has 0 saturated carbocycles. The molecule has 3 nitrogen and oxygen atoms in total. The Morgan fingerprint density at radius 1 is 1.32 bits per heavy atom. The third-order valence-corrected chi connectivity index (χ3v) is 3.42. The van der Waals surface area contributed by atoms with Gasteiger partial charge in [-0.2, -0.15) is 0 Å². The van der Waals surface area contributed by atoms with Crippen LogP contribution in [0.25, 0.3) is 0 Å². The fourth-order valence-electron chi connectivity index (χ4n) is 2.30. The molecule has 2 rings (SSSR count). The van der Waals surface area contributed by atoms with E-state index in [1.807, 2.05) is 6.08 Å². The molecular weight excluding hydrogens is 245 g/mol. The van der Waals surface area contributed by atoms with E-state index in [4.69, 9.17) is 4.74 Å². The van der Waals surface area contributed by atoms with E-state index in [-0.39, 0.29) is 23.7 Å². The SMILES string of the molecule is COC(=O)[C@@H]1CC=CC[C@@H]1NCc1ccc(F)cc1. The summed E-state index contributed by atoms with van der Waals surface area (Å²) in [6.45, 7) is 0.617. The summed E-state index contributed by atoms with van der Waals surface area (Å²) in [5, 5.41) is 3.35. The molecule has 0 aliphatic heterocycles. The molecule has 0 aromatic heterocycles. The Morgan fingerprint density at radius 2 is 2.00 bits per heavy atom. The minimum absolute atomic E-state index is 0.0718. The first-order chi connectivity index (χ1) is 9.20. The van der Waals surface area contributed by atoms with Crippen molar-refractivity contribution in [3.63, 3.8) is 0 Å². The predicted molar refractivity (Wildman–Crippen MR) is 70.9 cm³/mol. The van der Waals surface area contributed by atoms with E-state index in [9.17, 15) is 9.18 Å². The molecule has 1 aromatic rings. The summed E-state index contributed by atoms with van der Waals surface area (Å²) in [6, 6.07) is 6.44. The van der Waals surface area contributed by atoms with E-state index in [2.05, 4.69) is 11.4 Å². The second-order valence-corrected chi connectivity index (χ2v) is 4.69. The number of ether oxygens (including phenoxy) is 1. The summed E-state index contributed by atoms with van der Waals surface area (Å²) >= 11 is 0. The standard InChI is InChI=1S/C15H18FNO2/c1-19-15(18)13-4-2-3-5-14(13)17-10-11-6-8-12(16)9-7-11/h2-3,6-9,13-14,17H,4-5,10H2,1H3/t13-,14+/m1/s1. The number of nitrogens with one attached hydrogen (secondary N) is 1. The van der Waals surface area contributed by atoms with Crippen molar-refractivity contribution in [1.29, 1.82) is 0 Å². The summed E-state index contributed by atoms with van der Waals surface area (Å²) in [6.07, 6.45) is 5.59. The summed E-state index contributed by atoms with van der Waals surface area (Å²) < 4.78 is 17.6. The van der Waals surface area contributed by atoms with Gasteiger partial charge in [-0.15, -0.1) is 0 Å². The zero-order valence-corrected chi connectivity index (χ0v) is 10.9. The number of hydrogen-bond donors (Lipinski definition) is 1. The first-order valence-electron chi connectivity index (χ1n) is 6.41. The minimum atomic E-state index is -0.239. The Hall–Kier alpha value is -1.68. The van der Waals surface area contributed by atoms with Crippen molar-refractivity contribution in [3.8, 4) is 0 Å². The lowest BCUT2D eigenvalue weighted by atomic mass is 9.89. The average molecular weight is 263 g/mol. The first kappa shape index (κ1) is 13.7. The van der Waals surface area contributed by atoms with Crippen LogP contribution in [0, 0.1) is 11.7 Å². The van der Waals surface area contributed by atoms with Gasteiger partial charge in [0.15, 0.2) is 0 Å². The predicted octanol–water partition coefficient (Wildman–Crippen LogP) is 2.42. The molecule has 0 amide bonds. The van der Waals surface area contributed by atoms with Crippen LogP contribution in [0.15, 0.2) is 36.4 Å². The van der Waals surface area contributed by atoms with Crippen LogP contribution in [0.5, 0.6) is 0 Å². The highest BCUT2D eigenvalue weighted by Gasteiger charge is 2.29. The molecule has 0 bridgehead atoms. The van der Waals surface area contributed by atoms with Gasteiger partial charge in [0.25, 0.3) is 0 Å². The summed E-state index contributed by atoms with van der Waals surface area (Å²) in [7, 11) is 1.41. The average Bonchev–Trinajstić information content (AvgIpc) is 2.46. The Kier molecular flexibility index (Phi) is 4.68. The molecule has 0 radical (unpaired) electrons. The number of rotatable bonds is 4. The Labute approximate surface area is 112 Å². The normalized spacial score (nSPS) is 22.2. The van der Waals surface area contributed by atoms with Gasteiger partial charge in [-0.3, -0.25) is 4.79 Å². The van der Waals surface area contributed by atoms with Gasteiger partial charge in [0, 0.05) is 12.6 Å². The molecular formula is C15H18FNO2. The zero-order valence-electron chi connectivity index (χ0n) is 10.9. The van der Waals surface area contributed by atoms with Crippen molar-refractivity contribution in [2.45, 2.75) is 25.4 Å². The van der Waals surface area contributed by atoms with Crippen molar-refractivity contribution in [2.75, 3.05) is 7.11 Å². The molecule has 19 heavy (non-hydrogen) atoms. The minimum Gasteiger partial charge on any atom is -0.469 e. The molecule has 0 heterocycles. The Balaban J connectivity index is 1.95. The number of carbonyl (C=O) groups excluding carboxylic acids is 1. The van der Waals surface area contributed by atoms with Crippen LogP contribution in [-0.4, -0.2) is 19.1 Å². The number of benzene rings is 1. The van der Waals surface area contributed by atoms with E-state index < -0.39 is 0 Å². The highest BCUT2D eigenvalue weighted by molar-refractivity contribution is 5.73. The van der Waals surface area contributed by atoms with Crippen LogP contribution in [0.4, 0.5) is 4.39 Å². The van der Waals surface area contributed by atoms with Gasteiger partial charge < -0.3 is 10.1 Å². The van der Waals surface area contributed by atoms with Gasteiger partial charge in [0.2, 0.25) is 0 Å².